The van der Waals surface area contributed by atoms with Gasteiger partial charge in [0.15, 0.2) is 0 Å². The molecule has 1 N–H and O–H groups in total. The molecule has 0 aliphatic rings. The van der Waals surface area contributed by atoms with Gasteiger partial charge in [0, 0.05) is 32.3 Å². The molecule has 21 heavy (non-hydrogen) atoms. The SMILES string of the molecule is CCCCCC#CCCCCCCCC#CCCCCO. The summed E-state index contributed by atoms with van der Waals surface area (Å²) in [5.74, 6) is 13.0. The molecule has 0 atom stereocenters. The molecule has 0 aliphatic heterocycles. The Balaban J connectivity index is 3.15. The molecule has 0 aromatic heterocycles. The van der Waals surface area contributed by atoms with Crippen LogP contribution in [0.25, 0.3) is 0 Å². The van der Waals surface area contributed by atoms with Gasteiger partial charge >= 0.3 is 0 Å². The Labute approximate surface area is 132 Å². The van der Waals surface area contributed by atoms with Crippen molar-refractivity contribution in [3.8, 4) is 23.7 Å². The number of unbranched alkanes of at least 4 members (excludes halogenated alkanes) is 11. The van der Waals surface area contributed by atoms with Crippen molar-refractivity contribution < 1.29 is 5.11 Å². The molecule has 1 nitrogen and oxygen atoms in total. The molecule has 0 radical (unpaired) electrons. The highest BCUT2D eigenvalue weighted by Crippen LogP contribution is 2.06. The van der Waals surface area contributed by atoms with Crippen LogP contribution in [-0.4, -0.2) is 11.7 Å². The average molecular weight is 290 g/mol. The van der Waals surface area contributed by atoms with Crippen molar-refractivity contribution in [2.24, 2.45) is 0 Å². The van der Waals surface area contributed by atoms with Crippen molar-refractivity contribution in [3.05, 3.63) is 0 Å². The fourth-order valence-corrected chi connectivity index (χ4v) is 2.10. The van der Waals surface area contributed by atoms with Crippen LogP contribution < -0.4 is 0 Å². The van der Waals surface area contributed by atoms with Crippen LogP contribution in [0.3, 0.4) is 0 Å². The first-order valence-electron chi connectivity index (χ1n) is 8.94. The van der Waals surface area contributed by atoms with Gasteiger partial charge in [-0.2, -0.15) is 0 Å². The van der Waals surface area contributed by atoms with E-state index in [4.69, 9.17) is 5.11 Å². The van der Waals surface area contributed by atoms with E-state index in [1.165, 1.54) is 51.4 Å². The van der Waals surface area contributed by atoms with Gasteiger partial charge in [-0.15, -0.1) is 23.7 Å². The molecular weight excluding hydrogens is 256 g/mol. The molecule has 120 valence electrons. The minimum Gasteiger partial charge on any atom is -0.396 e. The minimum absolute atomic E-state index is 0.296. The Bertz CT molecular complexity index is 278. The zero-order valence-electron chi connectivity index (χ0n) is 14.1. The van der Waals surface area contributed by atoms with Crippen LogP contribution >= 0.6 is 0 Å². The third kappa shape index (κ3) is 19.1. The van der Waals surface area contributed by atoms with Crippen molar-refractivity contribution in [3.63, 3.8) is 0 Å². The Morgan fingerprint density at radius 2 is 0.905 bits per heavy atom. The van der Waals surface area contributed by atoms with E-state index in [0.717, 1.165) is 38.5 Å². The molecule has 0 rings (SSSR count). The molecule has 0 aliphatic carbocycles. The highest BCUT2D eigenvalue weighted by Gasteiger charge is 1.89. The quantitative estimate of drug-likeness (QED) is 0.373. The van der Waals surface area contributed by atoms with E-state index in [9.17, 15) is 0 Å². The molecule has 0 heterocycles. The Morgan fingerprint density at radius 1 is 0.524 bits per heavy atom. The maximum absolute atomic E-state index is 8.64. The number of hydrogen-bond acceptors (Lipinski definition) is 1. The summed E-state index contributed by atoms with van der Waals surface area (Å²) in [5.41, 5.74) is 0. The van der Waals surface area contributed by atoms with E-state index >= 15 is 0 Å². The van der Waals surface area contributed by atoms with Crippen LogP contribution in [0.1, 0.15) is 96.8 Å². The molecule has 0 bridgehead atoms. The van der Waals surface area contributed by atoms with Crippen molar-refractivity contribution >= 4 is 0 Å². The van der Waals surface area contributed by atoms with Gasteiger partial charge in [-0.3, -0.25) is 0 Å². The third-order valence-corrected chi connectivity index (χ3v) is 3.47. The minimum atomic E-state index is 0.296. The fraction of sp³-hybridized carbons (Fsp3) is 0.800. The summed E-state index contributed by atoms with van der Waals surface area (Å²) in [6.07, 6.45) is 16.4. The summed E-state index contributed by atoms with van der Waals surface area (Å²) in [6, 6.07) is 0. The standard InChI is InChI=1S/C20H34O/c1-2-3-4-5-6-7-8-9-10-11-12-13-14-15-16-17-18-19-20-21/h21H,2-5,8-14,17-20H2,1H3. The van der Waals surface area contributed by atoms with Gasteiger partial charge in [0.1, 0.15) is 0 Å². The normalized spacial score (nSPS) is 9.62. The molecule has 0 saturated heterocycles. The van der Waals surface area contributed by atoms with Gasteiger partial charge in [0.25, 0.3) is 0 Å². The Kier molecular flexibility index (Phi) is 18.2. The molecule has 0 amide bonds. The van der Waals surface area contributed by atoms with Gasteiger partial charge in [-0.1, -0.05) is 39.0 Å². The summed E-state index contributed by atoms with van der Waals surface area (Å²) in [4.78, 5) is 0. The molecule has 0 saturated carbocycles. The molecule has 0 fully saturated rings. The van der Waals surface area contributed by atoms with Gasteiger partial charge in [0.2, 0.25) is 0 Å². The molecule has 0 spiro atoms. The van der Waals surface area contributed by atoms with Crippen molar-refractivity contribution in [2.45, 2.75) is 96.8 Å². The van der Waals surface area contributed by atoms with E-state index in [2.05, 4.69) is 30.6 Å². The van der Waals surface area contributed by atoms with Gasteiger partial charge in [-0.05, 0) is 32.1 Å². The fourth-order valence-electron chi connectivity index (χ4n) is 2.10. The lowest BCUT2D eigenvalue weighted by molar-refractivity contribution is 0.285. The van der Waals surface area contributed by atoms with E-state index in [1.807, 2.05) is 0 Å². The van der Waals surface area contributed by atoms with Crippen LogP contribution in [0.4, 0.5) is 0 Å². The number of aliphatic hydroxyl groups excluding tert-OH is 1. The van der Waals surface area contributed by atoms with Crippen LogP contribution in [-0.2, 0) is 0 Å². The largest absolute Gasteiger partial charge is 0.396 e. The van der Waals surface area contributed by atoms with Crippen molar-refractivity contribution in [1.82, 2.24) is 0 Å². The lowest BCUT2D eigenvalue weighted by Gasteiger charge is -1.96. The summed E-state index contributed by atoms with van der Waals surface area (Å²) in [7, 11) is 0. The van der Waals surface area contributed by atoms with Gasteiger partial charge < -0.3 is 5.11 Å². The zero-order chi connectivity index (χ0) is 15.4. The summed E-state index contributed by atoms with van der Waals surface area (Å²) < 4.78 is 0. The third-order valence-electron chi connectivity index (χ3n) is 3.47. The van der Waals surface area contributed by atoms with Crippen molar-refractivity contribution in [1.29, 1.82) is 0 Å². The molecular formula is C20H34O. The molecule has 0 unspecified atom stereocenters. The molecule has 0 aromatic rings. The number of hydrogen-bond donors (Lipinski definition) is 1. The van der Waals surface area contributed by atoms with Crippen molar-refractivity contribution in [2.75, 3.05) is 6.61 Å². The van der Waals surface area contributed by atoms with Crippen LogP contribution in [0.2, 0.25) is 0 Å². The van der Waals surface area contributed by atoms with Gasteiger partial charge in [-0.25, -0.2) is 0 Å². The second kappa shape index (κ2) is 19.1. The highest BCUT2D eigenvalue weighted by molar-refractivity contribution is 4.99. The second-order valence-corrected chi connectivity index (χ2v) is 5.61. The highest BCUT2D eigenvalue weighted by atomic mass is 16.2. The summed E-state index contributed by atoms with van der Waals surface area (Å²) in [6.45, 7) is 2.53. The average Bonchev–Trinajstić information content (AvgIpc) is 2.50. The Hall–Kier alpha value is -0.920. The first-order valence-corrected chi connectivity index (χ1v) is 8.94. The lowest BCUT2D eigenvalue weighted by Crippen LogP contribution is -1.81. The smallest absolute Gasteiger partial charge is 0.0431 e. The molecule has 0 aromatic carbocycles. The zero-order valence-corrected chi connectivity index (χ0v) is 14.1. The number of rotatable bonds is 12. The van der Waals surface area contributed by atoms with Gasteiger partial charge in [0.05, 0.1) is 0 Å². The van der Waals surface area contributed by atoms with E-state index in [0.29, 0.717) is 6.61 Å². The molecule has 1 heteroatoms. The maximum Gasteiger partial charge on any atom is 0.0431 e. The van der Waals surface area contributed by atoms with Crippen LogP contribution in [0.5, 0.6) is 0 Å². The second-order valence-electron chi connectivity index (χ2n) is 5.61. The maximum atomic E-state index is 8.64. The first-order chi connectivity index (χ1) is 10.4. The summed E-state index contributed by atoms with van der Waals surface area (Å²) in [5, 5.41) is 8.64. The predicted octanol–water partition coefficient (Wildman–Crippen LogP) is 5.47. The summed E-state index contributed by atoms with van der Waals surface area (Å²) >= 11 is 0. The first kappa shape index (κ1) is 20.1. The monoisotopic (exact) mass is 290 g/mol. The topological polar surface area (TPSA) is 20.2 Å². The van der Waals surface area contributed by atoms with Crippen LogP contribution in [0.15, 0.2) is 0 Å². The van der Waals surface area contributed by atoms with E-state index < -0.39 is 0 Å². The number of aliphatic hydroxyl groups is 1. The lowest BCUT2D eigenvalue weighted by atomic mass is 10.1. The van der Waals surface area contributed by atoms with E-state index in [1.54, 1.807) is 0 Å². The van der Waals surface area contributed by atoms with Crippen LogP contribution in [0, 0.1) is 23.7 Å². The van der Waals surface area contributed by atoms with E-state index in [-0.39, 0.29) is 0 Å². The predicted molar refractivity (Wildman–Crippen MR) is 92.9 cm³/mol. The Morgan fingerprint density at radius 3 is 1.33 bits per heavy atom.